The number of methoxy groups -OCH3 is 1. The van der Waals surface area contributed by atoms with Gasteiger partial charge in [0.15, 0.2) is 0 Å². The van der Waals surface area contributed by atoms with Crippen LogP contribution in [0.1, 0.15) is 24.1 Å². The molecule has 2 rings (SSSR count). The van der Waals surface area contributed by atoms with Gasteiger partial charge in [-0.3, -0.25) is 4.79 Å². The van der Waals surface area contributed by atoms with E-state index >= 15 is 0 Å². The Labute approximate surface area is 94.2 Å². The number of rotatable bonds is 4. The third-order valence-electron chi connectivity index (χ3n) is 2.72. The first-order valence-electron chi connectivity index (χ1n) is 5.44. The number of carbonyl (C=O) groups is 1. The van der Waals surface area contributed by atoms with Crippen molar-refractivity contribution in [2.24, 2.45) is 0 Å². The molecule has 5 nitrogen and oxygen atoms in total. The molecule has 1 aromatic rings. The van der Waals surface area contributed by atoms with Crippen molar-refractivity contribution in [3.8, 4) is 0 Å². The summed E-state index contributed by atoms with van der Waals surface area (Å²) in [5.41, 5.74) is 2.34. The number of ether oxygens (including phenoxy) is 1. The minimum atomic E-state index is -0.210. The summed E-state index contributed by atoms with van der Waals surface area (Å²) in [5, 5.41) is 3.16. The lowest BCUT2D eigenvalue weighted by Gasteiger charge is -2.08. The van der Waals surface area contributed by atoms with E-state index in [0.717, 1.165) is 30.8 Å². The van der Waals surface area contributed by atoms with Crippen LogP contribution in [0.15, 0.2) is 6.33 Å². The first-order valence-corrected chi connectivity index (χ1v) is 5.44. The summed E-state index contributed by atoms with van der Waals surface area (Å²) in [4.78, 5) is 19.4. The predicted octanol–water partition coefficient (Wildman–Crippen LogP) is 0.940. The summed E-state index contributed by atoms with van der Waals surface area (Å²) in [6.07, 6.45) is 5.12. The molecule has 0 aliphatic heterocycles. The monoisotopic (exact) mass is 221 g/mol. The molecule has 1 aliphatic rings. The van der Waals surface area contributed by atoms with E-state index in [1.807, 2.05) is 0 Å². The number of nitrogens with one attached hydrogen (secondary N) is 1. The molecule has 86 valence electrons. The lowest BCUT2D eigenvalue weighted by molar-refractivity contribution is -0.140. The molecule has 5 heteroatoms. The fourth-order valence-corrected chi connectivity index (χ4v) is 1.90. The number of carbonyl (C=O) groups excluding carboxylic acids is 1. The Kier molecular flexibility index (Phi) is 3.34. The number of hydrogen-bond donors (Lipinski definition) is 1. The van der Waals surface area contributed by atoms with Crippen LogP contribution in [0.25, 0.3) is 0 Å². The second kappa shape index (κ2) is 4.92. The van der Waals surface area contributed by atoms with Crippen molar-refractivity contribution in [2.75, 3.05) is 19.0 Å². The fourth-order valence-electron chi connectivity index (χ4n) is 1.90. The second-order valence-electron chi connectivity index (χ2n) is 3.75. The van der Waals surface area contributed by atoms with Gasteiger partial charge < -0.3 is 10.1 Å². The quantitative estimate of drug-likeness (QED) is 0.766. The maximum Gasteiger partial charge on any atom is 0.307 e. The Morgan fingerprint density at radius 1 is 1.50 bits per heavy atom. The molecule has 0 fully saturated rings. The summed E-state index contributed by atoms with van der Waals surface area (Å²) >= 11 is 0. The molecule has 0 saturated carbocycles. The van der Waals surface area contributed by atoms with Crippen LogP contribution in [0.3, 0.4) is 0 Å². The first kappa shape index (κ1) is 10.9. The van der Waals surface area contributed by atoms with Gasteiger partial charge in [0.2, 0.25) is 0 Å². The molecule has 0 radical (unpaired) electrons. The van der Waals surface area contributed by atoms with Gasteiger partial charge in [0.05, 0.1) is 13.5 Å². The standard InChI is InChI=1S/C11H15N3O2/c1-16-10(15)5-6-12-11-8-3-2-4-9(8)13-7-14-11/h7H,2-6H2,1H3,(H,12,13,14). The van der Waals surface area contributed by atoms with E-state index in [9.17, 15) is 4.79 Å². The van der Waals surface area contributed by atoms with Crippen LogP contribution in [0.2, 0.25) is 0 Å². The van der Waals surface area contributed by atoms with Crippen LogP contribution in [0.5, 0.6) is 0 Å². The maximum absolute atomic E-state index is 10.9. The average molecular weight is 221 g/mol. The minimum Gasteiger partial charge on any atom is -0.469 e. The average Bonchev–Trinajstić information content (AvgIpc) is 2.77. The molecule has 0 aromatic carbocycles. The third kappa shape index (κ3) is 2.29. The van der Waals surface area contributed by atoms with Gasteiger partial charge in [-0.05, 0) is 19.3 Å². The number of anilines is 1. The van der Waals surface area contributed by atoms with E-state index in [4.69, 9.17) is 0 Å². The zero-order valence-electron chi connectivity index (χ0n) is 9.32. The van der Waals surface area contributed by atoms with Gasteiger partial charge in [-0.25, -0.2) is 9.97 Å². The van der Waals surface area contributed by atoms with Gasteiger partial charge >= 0.3 is 5.97 Å². The van der Waals surface area contributed by atoms with Crippen LogP contribution in [-0.4, -0.2) is 29.6 Å². The zero-order valence-corrected chi connectivity index (χ0v) is 9.32. The Bertz CT molecular complexity index is 393. The van der Waals surface area contributed by atoms with E-state index in [-0.39, 0.29) is 5.97 Å². The topological polar surface area (TPSA) is 64.1 Å². The zero-order chi connectivity index (χ0) is 11.4. The van der Waals surface area contributed by atoms with Gasteiger partial charge in [-0.1, -0.05) is 0 Å². The highest BCUT2D eigenvalue weighted by Gasteiger charge is 2.16. The largest absolute Gasteiger partial charge is 0.469 e. The molecule has 0 saturated heterocycles. The third-order valence-corrected chi connectivity index (χ3v) is 2.72. The van der Waals surface area contributed by atoms with Gasteiger partial charge in [0, 0.05) is 17.8 Å². The molecule has 16 heavy (non-hydrogen) atoms. The predicted molar refractivity (Wildman–Crippen MR) is 59.2 cm³/mol. The van der Waals surface area contributed by atoms with Crippen LogP contribution >= 0.6 is 0 Å². The molecule has 1 heterocycles. The van der Waals surface area contributed by atoms with Gasteiger partial charge in [0.1, 0.15) is 12.1 Å². The molecule has 1 aliphatic carbocycles. The Balaban J connectivity index is 1.95. The summed E-state index contributed by atoms with van der Waals surface area (Å²) < 4.78 is 4.57. The van der Waals surface area contributed by atoms with Crippen LogP contribution in [0, 0.1) is 0 Å². The van der Waals surface area contributed by atoms with Gasteiger partial charge in [0.25, 0.3) is 0 Å². The molecular formula is C11H15N3O2. The molecule has 0 unspecified atom stereocenters. The Morgan fingerprint density at radius 2 is 2.38 bits per heavy atom. The highest BCUT2D eigenvalue weighted by molar-refractivity contribution is 5.69. The van der Waals surface area contributed by atoms with E-state index < -0.39 is 0 Å². The van der Waals surface area contributed by atoms with E-state index in [0.29, 0.717) is 13.0 Å². The van der Waals surface area contributed by atoms with Crippen LogP contribution in [-0.2, 0) is 22.4 Å². The lowest BCUT2D eigenvalue weighted by Crippen LogP contribution is -2.12. The summed E-state index contributed by atoms with van der Waals surface area (Å²) in [5.74, 6) is 0.657. The molecule has 0 atom stereocenters. The van der Waals surface area contributed by atoms with Crippen molar-refractivity contribution in [1.29, 1.82) is 0 Å². The molecular weight excluding hydrogens is 206 g/mol. The van der Waals surface area contributed by atoms with E-state index in [1.54, 1.807) is 6.33 Å². The number of aromatic nitrogens is 2. The van der Waals surface area contributed by atoms with Crippen molar-refractivity contribution in [2.45, 2.75) is 25.7 Å². The van der Waals surface area contributed by atoms with Gasteiger partial charge in [-0.15, -0.1) is 0 Å². The van der Waals surface area contributed by atoms with Crippen molar-refractivity contribution < 1.29 is 9.53 Å². The smallest absolute Gasteiger partial charge is 0.307 e. The Hall–Kier alpha value is -1.65. The van der Waals surface area contributed by atoms with Crippen LogP contribution < -0.4 is 5.32 Å². The number of nitrogens with zero attached hydrogens (tertiary/aromatic N) is 2. The molecule has 0 amide bonds. The fraction of sp³-hybridized carbons (Fsp3) is 0.545. The molecule has 0 spiro atoms. The SMILES string of the molecule is COC(=O)CCNc1ncnc2c1CCC2. The second-order valence-corrected chi connectivity index (χ2v) is 3.75. The lowest BCUT2D eigenvalue weighted by atomic mass is 10.2. The maximum atomic E-state index is 10.9. The van der Waals surface area contributed by atoms with Crippen LogP contribution in [0.4, 0.5) is 5.82 Å². The van der Waals surface area contributed by atoms with Crippen molar-refractivity contribution >= 4 is 11.8 Å². The Morgan fingerprint density at radius 3 is 3.19 bits per heavy atom. The minimum absolute atomic E-state index is 0.210. The molecule has 1 aromatic heterocycles. The highest BCUT2D eigenvalue weighted by Crippen LogP contribution is 2.24. The van der Waals surface area contributed by atoms with Crippen molar-refractivity contribution in [3.63, 3.8) is 0 Å². The normalized spacial score (nSPS) is 13.3. The van der Waals surface area contributed by atoms with Crippen molar-refractivity contribution in [1.82, 2.24) is 9.97 Å². The number of hydrogen-bond acceptors (Lipinski definition) is 5. The van der Waals surface area contributed by atoms with E-state index in [2.05, 4.69) is 20.0 Å². The number of esters is 1. The number of fused-ring (bicyclic) bond motifs is 1. The first-order chi connectivity index (χ1) is 7.81. The summed E-state index contributed by atoms with van der Waals surface area (Å²) in [7, 11) is 1.39. The highest BCUT2D eigenvalue weighted by atomic mass is 16.5. The summed E-state index contributed by atoms with van der Waals surface area (Å²) in [6, 6.07) is 0. The number of aryl methyl sites for hydroxylation is 1. The molecule has 0 bridgehead atoms. The van der Waals surface area contributed by atoms with E-state index in [1.165, 1.54) is 12.7 Å². The summed E-state index contributed by atoms with van der Waals surface area (Å²) in [6.45, 7) is 0.552. The molecule has 1 N–H and O–H groups in total. The van der Waals surface area contributed by atoms with Gasteiger partial charge in [-0.2, -0.15) is 0 Å². The van der Waals surface area contributed by atoms with Crippen molar-refractivity contribution in [3.05, 3.63) is 17.6 Å².